The number of esters is 2. The number of alkyl halides is 3. The average molecular weight is 523 g/mol. The number of nitrogens with one attached hydrogen (secondary N) is 1. The lowest BCUT2D eigenvalue weighted by Crippen LogP contribution is -2.36. The number of hydrogen-bond acceptors (Lipinski definition) is 7. The number of benzene rings is 1. The molecular weight excluding hydrogens is 497 g/mol. The van der Waals surface area contributed by atoms with E-state index >= 15 is 0 Å². The Balaban J connectivity index is 2.28. The van der Waals surface area contributed by atoms with Gasteiger partial charge in [0.15, 0.2) is 0 Å². The highest BCUT2D eigenvalue weighted by Gasteiger charge is 2.44. The van der Waals surface area contributed by atoms with E-state index in [2.05, 4.69) is 10.3 Å². The Morgan fingerprint density at radius 2 is 1.61 bits per heavy atom. The maximum absolute atomic E-state index is 14.0. The Morgan fingerprint density at radius 3 is 2.19 bits per heavy atom. The number of ether oxygens (including phenoxy) is 2. The first-order valence-electron chi connectivity index (χ1n) is 11.1. The van der Waals surface area contributed by atoms with Crippen molar-refractivity contribution >= 4 is 22.7 Å². The molecule has 0 aliphatic carbocycles. The second kappa shape index (κ2) is 11.5. The standard InChI is InChI=1S/C25H25F3N2O5S/c1-4-34-23(31)20-15(3)30-18(14-36(33)19-12-8-9-13-29-19)22(24(32)35-5-2)21(20)16-10-6-7-11-17(16)25(26,27)28/h6-13,21,30H,4-5,14H2,1-3H3. The van der Waals surface area contributed by atoms with Crippen LogP contribution in [0.1, 0.15) is 37.8 Å². The molecule has 7 nitrogen and oxygen atoms in total. The van der Waals surface area contributed by atoms with Crippen LogP contribution in [0.4, 0.5) is 13.2 Å². The van der Waals surface area contributed by atoms with Crippen molar-refractivity contribution in [1.29, 1.82) is 0 Å². The van der Waals surface area contributed by atoms with Gasteiger partial charge >= 0.3 is 18.1 Å². The van der Waals surface area contributed by atoms with Gasteiger partial charge in [-0.25, -0.2) is 14.6 Å². The first-order chi connectivity index (χ1) is 17.1. The molecule has 0 bridgehead atoms. The fraction of sp³-hybridized carbons (Fsp3) is 0.320. The van der Waals surface area contributed by atoms with E-state index in [0.717, 1.165) is 6.07 Å². The summed E-state index contributed by atoms with van der Waals surface area (Å²) >= 11 is 0. The molecule has 192 valence electrons. The van der Waals surface area contributed by atoms with Crippen LogP contribution in [0.15, 0.2) is 76.2 Å². The van der Waals surface area contributed by atoms with Crippen LogP contribution in [0.3, 0.4) is 0 Å². The van der Waals surface area contributed by atoms with Gasteiger partial charge in [-0.05, 0) is 44.5 Å². The number of allylic oxidation sites excluding steroid dienone is 1. The van der Waals surface area contributed by atoms with Crippen molar-refractivity contribution in [3.8, 4) is 0 Å². The first-order valence-corrected chi connectivity index (χ1v) is 12.4. The summed E-state index contributed by atoms with van der Waals surface area (Å²) in [6.45, 7) is 4.50. The van der Waals surface area contributed by atoms with E-state index < -0.39 is 40.4 Å². The molecule has 1 aliphatic rings. The van der Waals surface area contributed by atoms with E-state index in [4.69, 9.17) is 9.47 Å². The van der Waals surface area contributed by atoms with Crippen molar-refractivity contribution < 1.29 is 36.4 Å². The third-order valence-corrected chi connectivity index (χ3v) is 6.62. The molecule has 0 saturated heterocycles. The second-order valence-corrected chi connectivity index (χ2v) is 9.07. The third kappa shape index (κ3) is 5.84. The number of rotatable bonds is 8. The topological polar surface area (TPSA) is 94.6 Å². The highest BCUT2D eigenvalue weighted by Crippen LogP contribution is 2.44. The Morgan fingerprint density at radius 1 is 1.00 bits per heavy atom. The van der Waals surface area contributed by atoms with Gasteiger partial charge in [0.1, 0.15) is 5.03 Å². The van der Waals surface area contributed by atoms with E-state index in [1.807, 2.05) is 0 Å². The molecular formula is C25H25F3N2O5S. The molecule has 0 spiro atoms. The van der Waals surface area contributed by atoms with Crippen molar-refractivity contribution in [2.24, 2.45) is 0 Å². The quantitative estimate of drug-likeness (QED) is 0.518. The molecule has 2 unspecified atom stereocenters. The van der Waals surface area contributed by atoms with E-state index in [-0.39, 0.29) is 52.1 Å². The van der Waals surface area contributed by atoms with Crippen LogP contribution >= 0.6 is 0 Å². The molecule has 1 aromatic carbocycles. The van der Waals surface area contributed by atoms with Gasteiger partial charge in [0.25, 0.3) is 0 Å². The van der Waals surface area contributed by atoms with Gasteiger partial charge in [-0.15, -0.1) is 0 Å². The molecule has 0 fully saturated rings. The predicted octanol–water partition coefficient (Wildman–Crippen LogP) is 4.25. The minimum Gasteiger partial charge on any atom is -0.463 e. The molecule has 3 rings (SSSR count). The minimum absolute atomic E-state index is 0.0295. The van der Waals surface area contributed by atoms with E-state index in [1.54, 1.807) is 26.0 Å². The zero-order valence-corrected chi connectivity index (χ0v) is 20.7. The van der Waals surface area contributed by atoms with Crippen LogP contribution in [0.5, 0.6) is 0 Å². The summed E-state index contributed by atoms with van der Waals surface area (Å²) in [6, 6.07) is 9.51. The maximum Gasteiger partial charge on any atom is 0.416 e. The van der Waals surface area contributed by atoms with Crippen molar-refractivity contribution in [3.05, 3.63) is 82.3 Å². The lowest BCUT2D eigenvalue weighted by atomic mass is 9.78. The molecule has 1 aliphatic heterocycles. The van der Waals surface area contributed by atoms with E-state index in [1.165, 1.54) is 37.4 Å². The SMILES string of the molecule is CCOC(=O)C1=C(C)NC(CS(=O)c2ccccn2)=C(C(=O)OCC)C1c1ccccc1C(F)(F)F. The highest BCUT2D eigenvalue weighted by molar-refractivity contribution is 7.85. The number of carbonyl (C=O) groups excluding carboxylic acids is 2. The zero-order chi connectivity index (χ0) is 26.5. The first kappa shape index (κ1) is 27.1. The fourth-order valence-electron chi connectivity index (χ4n) is 3.94. The van der Waals surface area contributed by atoms with Gasteiger partial charge in [0, 0.05) is 17.6 Å². The summed E-state index contributed by atoms with van der Waals surface area (Å²) in [4.78, 5) is 30.3. The van der Waals surface area contributed by atoms with Crippen LogP contribution in [-0.4, -0.2) is 40.1 Å². The Kier molecular flexibility index (Phi) is 8.67. The molecule has 0 saturated carbocycles. The summed E-state index contributed by atoms with van der Waals surface area (Å²) in [6.07, 6.45) is -3.32. The smallest absolute Gasteiger partial charge is 0.416 e. The van der Waals surface area contributed by atoms with Gasteiger partial charge in [-0.1, -0.05) is 24.3 Å². The molecule has 2 atom stereocenters. The predicted molar refractivity (Wildman–Crippen MR) is 126 cm³/mol. The van der Waals surface area contributed by atoms with Gasteiger partial charge < -0.3 is 14.8 Å². The fourth-order valence-corrected chi connectivity index (χ4v) is 4.99. The lowest BCUT2D eigenvalue weighted by Gasteiger charge is -2.32. The molecule has 11 heteroatoms. The van der Waals surface area contributed by atoms with Crippen LogP contribution in [0.2, 0.25) is 0 Å². The Labute approximate surface area is 208 Å². The lowest BCUT2D eigenvalue weighted by molar-refractivity contribution is -0.142. The molecule has 1 N–H and O–H groups in total. The summed E-state index contributed by atoms with van der Waals surface area (Å²) in [5.74, 6) is -3.56. The number of carbonyl (C=O) groups is 2. The minimum atomic E-state index is -4.77. The van der Waals surface area contributed by atoms with Crippen LogP contribution < -0.4 is 5.32 Å². The van der Waals surface area contributed by atoms with Crippen molar-refractivity contribution in [3.63, 3.8) is 0 Å². The summed E-state index contributed by atoms with van der Waals surface area (Å²) < 4.78 is 65.5. The largest absolute Gasteiger partial charge is 0.463 e. The number of halogens is 3. The van der Waals surface area contributed by atoms with Crippen molar-refractivity contribution in [2.75, 3.05) is 19.0 Å². The maximum atomic E-state index is 14.0. The van der Waals surface area contributed by atoms with Gasteiger partial charge in [0.2, 0.25) is 0 Å². The summed E-state index contributed by atoms with van der Waals surface area (Å²) in [5, 5.41) is 3.13. The Hall–Kier alpha value is -3.47. The normalized spacial score (nSPS) is 16.9. The Bertz CT molecular complexity index is 1230. The molecule has 1 aromatic heterocycles. The van der Waals surface area contributed by atoms with Crippen molar-refractivity contribution in [2.45, 2.75) is 37.9 Å². The third-order valence-electron chi connectivity index (χ3n) is 5.36. The summed E-state index contributed by atoms with van der Waals surface area (Å²) in [5.41, 5.74) is -1.49. The van der Waals surface area contributed by atoms with Gasteiger partial charge in [-0.2, -0.15) is 13.2 Å². The number of aromatic nitrogens is 1. The molecule has 2 heterocycles. The molecule has 36 heavy (non-hydrogen) atoms. The number of hydrogen-bond donors (Lipinski definition) is 1. The second-order valence-electron chi connectivity index (χ2n) is 7.67. The van der Waals surface area contributed by atoms with Crippen LogP contribution in [0.25, 0.3) is 0 Å². The van der Waals surface area contributed by atoms with E-state index in [9.17, 15) is 27.0 Å². The van der Waals surface area contributed by atoms with Crippen LogP contribution in [-0.2, 0) is 36.0 Å². The van der Waals surface area contributed by atoms with E-state index in [0.29, 0.717) is 0 Å². The summed E-state index contributed by atoms with van der Waals surface area (Å²) in [7, 11) is -1.76. The van der Waals surface area contributed by atoms with Crippen LogP contribution in [0, 0.1) is 0 Å². The zero-order valence-electron chi connectivity index (χ0n) is 19.8. The molecule has 0 amide bonds. The van der Waals surface area contributed by atoms with Gasteiger partial charge in [0.05, 0.1) is 52.4 Å². The number of dihydropyridines is 1. The average Bonchev–Trinajstić information content (AvgIpc) is 2.83. The number of nitrogens with zero attached hydrogens (tertiary/aromatic N) is 1. The van der Waals surface area contributed by atoms with Crippen molar-refractivity contribution in [1.82, 2.24) is 10.3 Å². The molecule has 2 aromatic rings. The monoisotopic (exact) mass is 522 g/mol. The molecule has 0 radical (unpaired) electrons. The number of pyridine rings is 1. The highest BCUT2D eigenvalue weighted by atomic mass is 32.2. The van der Waals surface area contributed by atoms with Gasteiger partial charge in [-0.3, -0.25) is 4.21 Å².